The molecule has 1 fully saturated rings. The van der Waals surface area contributed by atoms with Crippen LogP contribution in [0.5, 0.6) is 0 Å². The summed E-state index contributed by atoms with van der Waals surface area (Å²) in [5.74, 6) is -0.280. The van der Waals surface area contributed by atoms with Crippen LogP contribution in [0.15, 0.2) is 23.3 Å². The van der Waals surface area contributed by atoms with Gasteiger partial charge in [0, 0.05) is 6.42 Å². The number of hydrogen-bond donors (Lipinski definition) is 1. The molecular formula is C16H20N2O3. The molecule has 112 valence electrons. The highest BCUT2D eigenvalue weighted by atomic mass is 16.5. The van der Waals surface area contributed by atoms with Gasteiger partial charge in [-0.25, -0.2) is 4.79 Å². The first-order valence-corrected chi connectivity index (χ1v) is 7.16. The lowest BCUT2D eigenvalue weighted by Gasteiger charge is -2.08. The van der Waals surface area contributed by atoms with Crippen molar-refractivity contribution < 1.29 is 14.3 Å². The molecule has 21 heavy (non-hydrogen) atoms. The van der Waals surface area contributed by atoms with Crippen LogP contribution in [0.25, 0.3) is 0 Å². The molecule has 0 bridgehead atoms. The molecule has 0 aliphatic heterocycles. The third-order valence-electron chi connectivity index (χ3n) is 3.61. The fourth-order valence-electron chi connectivity index (χ4n) is 2.27. The zero-order valence-electron chi connectivity index (χ0n) is 12.4. The van der Waals surface area contributed by atoms with Crippen LogP contribution in [0.1, 0.15) is 48.0 Å². The van der Waals surface area contributed by atoms with Crippen LogP contribution in [-0.4, -0.2) is 24.6 Å². The zero-order valence-corrected chi connectivity index (χ0v) is 12.4. The van der Waals surface area contributed by atoms with Gasteiger partial charge in [0.05, 0.1) is 18.4 Å². The van der Waals surface area contributed by atoms with E-state index in [0.29, 0.717) is 29.8 Å². The van der Waals surface area contributed by atoms with Crippen LogP contribution in [0.3, 0.4) is 0 Å². The number of carbonyl (C=O) groups is 2. The van der Waals surface area contributed by atoms with Crippen molar-refractivity contribution in [2.75, 3.05) is 12.5 Å². The quantitative estimate of drug-likeness (QED) is 0.527. The standard InChI is InChI=1S/C16H20N2O3/c1-11-8-9-12(16(20)21-2)10-14(11)18-17-13-6-4-3-5-7-15(13)19/h8-10,18H,3-7H2,1-2H3. The molecule has 1 N–H and O–H groups in total. The van der Waals surface area contributed by atoms with E-state index in [1.54, 1.807) is 12.1 Å². The number of Topliss-reactive ketones (excluding diaryl/α,β-unsaturated/α-hetero) is 1. The Balaban J connectivity index is 2.18. The number of nitrogens with zero attached hydrogens (tertiary/aromatic N) is 1. The summed E-state index contributed by atoms with van der Waals surface area (Å²) in [5, 5.41) is 4.25. The molecule has 0 heterocycles. The van der Waals surface area contributed by atoms with Gasteiger partial charge in [0.1, 0.15) is 5.71 Å². The molecule has 1 saturated carbocycles. The summed E-state index contributed by atoms with van der Waals surface area (Å²) in [7, 11) is 1.35. The van der Waals surface area contributed by atoms with E-state index in [9.17, 15) is 9.59 Å². The number of benzene rings is 1. The van der Waals surface area contributed by atoms with Crippen LogP contribution in [0.2, 0.25) is 0 Å². The van der Waals surface area contributed by atoms with Gasteiger partial charge in [-0.2, -0.15) is 5.10 Å². The van der Waals surface area contributed by atoms with E-state index < -0.39 is 5.97 Å². The molecule has 0 aromatic heterocycles. The predicted molar refractivity (Wildman–Crippen MR) is 81.7 cm³/mol. The van der Waals surface area contributed by atoms with Gasteiger partial charge in [-0.3, -0.25) is 10.2 Å². The number of hydrazone groups is 1. The first kappa shape index (κ1) is 15.2. The molecule has 5 heteroatoms. The fourth-order valence-corrected chi connectivity index (χ4v) is 2.27. The number of aryl methyl sites for hydroxylation is 1. The number of hydrogen-bond acceptors (Lipinski definition) is 5. The Labute approximate surface area is 124 Å². The van der Waals surface area contributed by atoms with Crippen molar-refractivity contribution >= 4 is 23.2 Å². The summed E-state index contributed by atoms with van der Waals surface area (Å²) >= 11 is 0. The molecule has 0 amide bonds. The monoisotopic (exact) mass is 288 g/mol. The SMILES string of the molecule is COC(=O)c1ccc(C)c(NN=C2CCCCCC2=O)c1. The largest absolute Gasteiger partial charge is 0.465 e. The van der Waals surface area contributed by atoms with Crippen molar-refractivity contribution in [3.8, 4) is 0 Å². The van der Waals surface area contributed by atoms with Gasteiger partial charge in [0.25, 0.3) is 0 Å². The van der Waals surface area contributed by atoms with E-state index >= 15 is 0 Å². The minimum Gasteiger partial charge on any atom is -0.465 e. The highest BCUT2D eigenvalue weighted by Crippen LogP contribution is 2.19. The average molecular weight is 288 g/mol. The van der Waals surface area contributed by atoms with E-state index in [2.05, 4.69) is 10.5 Å². The van der Waals surface area contributed by atoms with Gasteiger partial charge >= 0.3 is 5.97 Å². The lowest BCUT2D eigenvalue weighted by Crippen LogP contribution is -2.14. The summed E-state index contributed by atoms with van der Waals surface area (Å²) in [6.07, 6.45) is 4.28. The maximum absolute atomic E-state index is 11.9. The first-order chi connectivity index (χ1) is 10.1. The third kappa shape index (κ3) is 3.90. The Bertz CT molecular complexity index is 579. The maximum atomic E-state index is 11.9. The molecule has 2 rings (SSSR count). The van der Waals surface area contributed by atoms with Crippen molar-refractivity contribution in [2.45, 2.75) is 39.0 Å². The van der Waals surface area contributed by atoms with Gasteiger partial charge in [-0.1, -0.05) is 12.5 Å². The second-order valence-corrected chi connectivity index (χ2v) is 5.18. The highest BCUT2D eigenvalue weighted by molar-refractivity contribution is 6.40. The lowest BCUT2D eigenvalue weighted by molar-refractivity contribution is -0.113. The number of rotatable bonds is 3. The molecule has 1 aliphatic rings. The average Bonchev–Trinajstić information content (AvgIpc) is 2.70. The second kappa shape index (κ2) is 7.02. The molecular weight excluding hydrogens is 268 g/mol. The van der Waals surface area contributed by atoms with Gasteiger partial charge in [0.15, 0.2) is 5.78 Å². The normalized spacial score (nSPS) is 17.4. The first-order valence-electron chi connectivity index (χ1n) is 7.16. The summed E-state index contributed by atoms with van der Waals surface area (Å²) in [5.41, 5.74) is 5.63. The van der Waals surface area contributed by atoms with E-state index in [-0.39, 0.29) is 5.78 Å². The van der Waals surface area contributed by atoms with Crippen molar-refractivity contribution in [3.63, 3.8) is 0 Å². The topological polar surface area (TPSA) is 67.8 Å². The van der Waals surface area contributed by atoms with Gasteiger partial charge in [-0.15, -0.1) is 0 Å². The Morgan fingerprint density at radius 2 is 2.00 bits per heavy atom. The summed E-state index contributed by atoms with van der Waals surface area (Å²) < 4.78 is 4.70. The van der Waals surface area contributed by atoms with E-state index in [1.165, 1.54) is 7.11 Å². The lowest BCUT2D eigenvalue weighted by atomic mass is 10.1. The molecule has 0 spiro atoms. The van der Waals surface area contributed by atoms with Crippen LogP contribution in [0.4, 0.5) is 5.69 Å². The molecule has 5 nitrogen and oxygen atoms in total. The van der Waals surface area contributed by atoms with E-state index in [0.717, 1.165) is 24.8 Å². The van der Waals surface area contributed by atoms with Crippen LogP contribution < -0.4 is 5.43 Å². The molecule has 0 unspecified atom stereocenters. The Morgan fingerprint density at radius 3 is 2.76 bits per heavy atom. The molecule has 0 saturated heterocycles. The van der Waals surface area contributed by atoms with Gasteiger partial charge in [0.2, 0.25) is 0 Å². The molecule has 1 aliphatic carbocycles. The number of ketones is 1. The zero-order chi connectivity index (χ0) is 15.2. The summed E-state index contributed by atoms with van der Waals surface area (Å²) in [4.78, 5) is 23.4. The number of methoxy groups -OCH3 is 1. The second-order valence-electron chi connectivity index (χ2n) is 5.18. The highest BCUT2D eigenvalue weighted by Gasteiger charge is 2.15. The van der Waals surface area contributed by atoms with E-state index in [1.807, 2.05) is 13.0 Å². The van der Waals surface area contributed by atoms with Crippen molar-refractivity contribution in [3.05, 3.63) is 29.3 Å². The Kier molecular flexibility index (Phi) is 5.09. The summed E-state index contributed by atoms with van der Waals surface area (Å²) in [6, 6.07) is 5.21. The summed E-state index contributed by atoms with van der Waals surface area (Å²) in [6.45, 7) is 1.92. The number of esters is 1. The molecule has 1 aromatic carbocycles. The molecule has 1 aromatic rings. The maximum Gasteiger partial charge on any atom is 0.337 e. The molecule has 0 radical (unpaired) electrons. The van der Waals surface area contributed by atoms with Gasteiger partial charge in [-0.05, 0) is 43.9 Å². The smallest absolute Gasteiger partial charge is 0.337 e. The van der Waals surface area contributed by atoms with Crippen LogP contribution >= 0.6 is 0 Å². The fraction of sp³-hybridized carbons (Fsp3) is 0.438. The molecule has 0 atom stereocenters. The minimum absolute atomic E-state index is 0.113. The number of nitrogens with one attached hydrogen (secondary N) is 1. The number of anilines is 1. The number of ether oxygens (including phenoxy) is 1. The van der Waals surface area contributed by atoms with E-state index in [4.69, 9.17) is 4.74 Å². The van der Waals surface area contributed by atoms with Crippen molar-refractivity contribution in [2.24, 2.45) is 5.10 Å². The van der Waals surface area contributed by atoms with Gasteiger partial charge < -0.3 is 4.74 Å². The van der Waals surface area contributed by atoms with Crippen LogP contribution in [0, 0.1) is 6.92 Å². The van der Waals surface area contributed by atoms with Crippen LogP contribution in [-0.2, 0) is 9.53 Å². The predicted octanol–water partition coefficient (Wildman–Crippen LogP) is 3.08. The minimum atomic E-state index is -0.392. The Morgan fingerprint density at radius 1 is 1.24 bits per heavy atom. The van der Waals surface area contributed by atoms with Crippen molar-refractivity contribution in [1.82, 2.24) is 0 Å². The third-order valence-corrected chi connectivity index (χ3v) is 3.61. The number of carbonyl (C=O) groups excluding carboxylic acids is 2. The van der Waals surface area contributed by atoms with Crippen molar-refractivity contribution in [1.29, 1.82) is 0 Å². The Hall–Kier alpha value is -2.17.